The number of ketones is 1. The lowest BCUT2D eigenvalue weighted by Gasteiger charge is -2.26. The number of benzene rings is 3. The number of Topliss-reactive ketones (excluding diaryl/α,β-unsaturated/α-hetero) is 1. The number of aliphatic hydroxyl groups excluding tert-OH is 1. The SMILES string of the molecule is CCOc1cc(C2/C(=C(\O)c3ccccc3)C(=O)C(=O)N2c2ccc3c(c2)OCO3)ccc1O. The van der Waals surface area contributed by atoms with Gasteiger partial charge in [0, 0.05) is 17.3 Å². The molecule has 2 N–H and O–H groups in total. The Bertz CT molecular complexity index is 1320. The summed E-state index contributed by atoms with van der Waals surface area (Å²) in [4.78, 5) is 27.9. The fourth-order valence-corrected chi connectivity index (χ4v) is 4.17. The molecule has 1 amide bonds. The third kappa shape index (κ3) is 3.49. The van der Waals surface area contributed by atoms with Crippen LogP contribution in [0.25, 0.3) is 5.76 Å². The number of aromatic hydroxyl groups is 1. The summed E-state index contributed by atoms with van der Waals surface area (Å²) in [5, 5.41) is 21.3. The number of carbonyl (C=O) groups is 2. The van der Waals surface area contributed by atoms with Crippen molar-refractivity contribution in [3.05, 3.63) is 83.4 Å². The maximum atomic E-state index is 13.3. The van der Waals surface area contributed by atoms with Crippen LogP contribution in [0.4, 0.5) is 5.69 Å². The first kappa shape index (κ1) is 21.4. The summed E-state index contributed by atoms with van der Waals surface area (Å²) in [6.45, 7) is 2.15. The number of carbonyl (C=O) groups excluding carboxylic acids is 2. The molecule has 0 spiro atoms. The van der Waals surface area contributed by atoms with Gasteiger partial charge in [0.05, 0.1) is 18.2 Å². The second-order valence-corrected chi connectivity index (χ2v) is 7.73. The maximum Gasteiger partial charge on any atom is 0.300 e. The molecule has 2 aliphatic heterocycles. The van der Waals surface area contributed by atoms with Crippen LogP contribution >= 0.6 is 0 Å². The number of rotatable bonds is 5. The summed E-state index contributed by atoms with van der Waals surface area (Å²) in [5.41, 5.74) is 1.21. The van der Waals surface area contributed by atoms with E-state index >= 15 is 0 Å². The Kier molecular flexibility index (Phi) is 5.33. The molecule has 34 heavy (non-hydrogen) atoms. The lowest BCUT2D eigenvalue weighted by molar-refractivity contribution is -0.132. The molecule has 2 heterocycles. The highest BCUT2D eigenvalue weighted by Gasteiger charge is 2.47. The van der Waals surface area contributed by atoms with E-state index in [1.807, 2.05) is 0 Å². The van der Waals surface area contributed by atoms with Gasteiger partial charge in [0.1, 0.15) is 5.76 Å². The molecular weight excluding hydrogens is 438 g/mol. The second-order valence-electron chi connectivity index (χ2n) is 7.73. The minimum absolute atomic E-state index is 0.0602. The molecule has 0 aromatic heterocycles. The van der Waals surface area contributed by atoms with E-state index < -0.39 is 17.7 Å². The lowest BCUT2D eigenvalue weighted by Crippen LogP contribution is -2.29. The number of hydrogen-bond donors (Lipinski definition) is 2. The molecule has 5 rings (SSSR count). The first-order valence-electron chi connectivity index (χ1n) is 10.7. The standard InChI is InChI=1S/C26H21NO7/c1-2-32-20-12-16(8-10-18(20)28)23-22(24(29)15-6-4-3-5-7-15)25(30)26(31)27(23)17-9-11-19-21(13-17)34-14-33-19/h3-13,23,28-29H,2,14H2,1H3/b24-22+. The van der Waals surface area contributed by atoms with Crippen molar-refractivity contribution in [1.82, 2.24) is 0 Å². The van der Waals surface area contributed by atoms with E-state index in [9.17, 15) is 19.8 Å². The molecule has 172 valence electrons. The Morgan fingerprint density at radius 3 is 2.56 bits per heavy atom. The molecule has 2 aliphatic rings. The fourth-order valence-electron chi connectivity index (χ4n) is 4.17. The van der Waals surface area contributed by atoms with Gasteiger partial charge in [-0.25, -0.2) is 0 Å². The van der Waals surface area contributed by atoms with Gasteiger partial charge in [0.25, 0.3) is 11.7 Å². The van der Waals surface area contributed by atoms with Gasteiger partial charge in [-0.1, -0.05) is 36.4 Å². The number of nitrogens with zero attached hydrogens (tertiary/aromatic N) is 1. The Labute approximate surface area is 195 Å². The molecule has 0 saturated carbocycles. The topological polar surface area (TPSA) is 106 Å². The number of ether oxygens (including phenoxy) is 3. The predicted molar refractivity (Wildman–Crippen MR) is 123 cm³/mol. The zero-order valence-electron chi connectivity index (χ0n) is 18.2. The van der Waals surface area contributed by atoms with Crippen LogP contribution in [0.2, 0.25) is 0 Å². The van der Waals surface area contributed by atoms with E-state index in [1.165, 1.54) is 11.0 Å². The van der Waals surface area contributed by atoms with Crippen molar-refractivity contribution in [2.45, 2.75) is 13.0 Å². The minimum Gasteiger partial charge on any atom is -0.507 e. The fraction of sp³-hybridized carbons (Fsp3) is 0.154. The van der Waals surface area contributed by atoms with Gasteiger partial charge >= 0.3 is 0 Å². The van der Waals surface area contributed by atoms with Crippen molar-refractivity contribution in [2.24, 2.45) is 0 Å². The minimum atomic E-state index is -0.972. The summed E-state index contributed by atoms with van der Waals surface area (Å²) < 4.78 is 16.3. The molecule has 8 nitrogen and oxygen atoms in total. The lowest BCUT2D eigenvalue weighted by atomic mass is 9.94. The Morgan fingerprint density at radius 1 is 1.03 bits per heavy atom. The first-order chi connectivity index (χ1) is 16.5. The molecule has 3 aromatic rings. The van der Waals surface area contributed by atoms with Crippen molar-refractivity contribution in [3.8, 4) is 23.0 Å². The molecule has 1 unspecified atom stereocenters. The summed E-state index contributed by atoms with van der Waals surface area (Å²) >= 11 is 0. The van der Waals surface area contributed by atoms with E-state index in [4.69, 9.17) is 14.2 Å². The number of phenolic OH excluding ortho intramolecular Hbond substituents is 1. The molecule has 0 radical (unpaired) electrons. The van der Waals surface area contributed by atoms with Crippen molar-refractivity contribution < 1.29 is 34.0 Å². The number of aliphatic hydroxyl groups is 1. The van der Waals surface area contributed by atoms with Crippen LogP contribution in [-0.4, -0.2) is 35.3 Å². The van der Waals surface area contributed by atoms with Crippen LogP contribution in [0, 0.1) is 0 Å². The van der Waals surface area contributed by atoms with Crippen molar-refractivity contribution in [3.63, 3.8) is 0 Å². The molecule has 8 heteroatoms. The van der Waals surface area contributed by atoms with Crippen LogP contribution in [0.3, 0.4) is 0 Å². The van der Waals surface area contributed by atoms with Crippen LogP contribution < -0.4 is 19.1 Å². The highest BCUT2D eigenvalue weighted by molar-refractivity contribution is 6.51. The summed E-state index contributed by atoms with van der Waals surface area (Å²) in [7, 11) is 0. The zero-order valence-corrected chi connectivity index (χ0v) is 18.2. The number of phenols is 1. The van der Waals surface area contributed by atoms with E-state index in [1.54, 1.807) is 67.6 Å². The average molecular weight is 459 g/mol. The molecule has 0 bridgehead atoms. The Hall–Kier alpha value is -4.46. The summed E-state index contributed by atoms with van der Waals surface area (Å²) in [6.07, 6.45) is 0. The molecule has 1 saturated heterocycles. The van der Waals surface area contributed by atoms with Gasteiger partial charge in [-0.3, -0.25) is 14.5 Å². The van der Waals surface area contributed by atoms with Gasteiger partial charge in [0.15, 0.2) is 23.0 Å². The molecule has 1 atom stereocenters. The number of hydrogen-bond acceptors (Lipinski definition) is 7. The largest absolute Gasteiger partial charge is 0.507 e. The van der Waals surface area contributed by atoms with Gasteiger partial charge < -0.3 is 24.4 Å². The molecular formula is C26H21NO7. The summed E-state index contributed by atoms with van der Waals surface area (Å²) in [5.74, 6) is -0.809. The third-order valence-corrected chi connectivity index (χ3v) is 5.73. The van der Waals surface area contributed by atoms with E-state index in [0.717, 1.165) is 0 Å². The van der Waals surface area contributed by atoms with Gasteiger partial charge in [0.2, 0.25) is 6.79 Å². The van der Waals surface area contributed by atoms with Crippen LogP contribution in [-0.2, 0) is 9.59 Å². The second kappa shape index (κ2) is 8.47. The van der Waals surface area contributed by atoms with Crippen LogP contribution in [0.1, 0.15) is 24.1 Å². The van der Waals surface area contributed by atoms with Crippen LogP contribution in [0.15, 0.2) is 72.3 Å². The van der Waals surface area contributed by atoms with Crippen molar-refractivity contribution >= 4 is 23.1 Å². The van der Waals surface area contributed by atoms with Gasteiger partial charge in [-0.05, 0) is 36.8 Å². The highest BCUT2D eigenvalue weighted by atomic mass is 16.7. The quantitative estimate of drug-likeness (QED) is 0.336. The third-order valence-electron chi connectivity index (χ3n) is 5.73. The first-order valence-corrected chi connectivity index (χ1v) is 10.7. The molecule has 1 fully saturated rings. The van der Waals surface area contributed by atoms with Crippen LogP contribution in [0.5, 0.6) is 23.0 Å². The zero-order chi connectivity index (χ0) is 23.8. The van der Waals surface area contributed by atoms with E-state index in [2.05, 4.69) is 0 Å². The highest BCUT2D eigenvalue weighted by Crippen LogP contribution is 2.46. The maximum absolute atomic E-state index is 13.3. The number of amides is 1. The average Bonchev–Trinajstić information content (AvgIpc) is 3.43. The normalized spacial score (nSPS) is 18.4. The van der Waals surface area contributed by atoms with Gasteiger partial charge in [-0.15, -0.1) is 0 Å². The Morgan fingerprint density at radius 2 is 1.79 bits per heavy atom. The van der Waals surface area contributed by atoms with Crippen molar-refractivity contribution in [2.75, 3.05) is 18.3 Å². The van der Waals surface area contributed by atoms with Gasteiger partial charge in [-0.2, -0.15) is 0 Å². The van der Waals surface area contributed by atoms with Crippen molar-refractivity contribution in [1.29, 1.82) is 0 Å². The number of fused-ring (bicyclic) bond motifs is 1. The predicted octanol–water partition coefficient (Wildman–Crippen LogP) is 4.15. The molecule has 3 aromatic carbocycles. The number of anilines is 1. The van der Waals surface area contributed by atoms with E-state index in [-0.39, 0.29) is 29.6 Å². The van der Waals surface area contributed by atoms with E-state index in [0.29, 0.717) is 34.9 Å². The smallest absolute Gasteiger partial charge is 0.300 e. The Balaban J connectivity index is 1.72. The molecule has 0 aliphatic carbocycles. The summed E-state index contributed by atoms with van der Waals surface area (Å²) in [6, 6.07) is 17.1. The monoisotopic (exact) mass is 459 g/mol.